The van der Waals surface area contributed by atoms with Gasteiger partial charge in [-0.1, -0.05) is 44.2 Å². The van der Waals surface area contributed by atoms with E-state index in [4.69, 9.17) is 0 Å². The molecule has 0 fully saturated rings. The van der Waals surface area contributed by atoms with Crippen molar-refractivity contribution in [1.29, 1.82) is 0 Å². The Morgan fingerprint density at radius 2 is 1.82 bits per heavy atom. The number of hydrogen-bond donors (Lipinski definition) is 2. The molecule has 0 aliphatic rings. The van der Waals surface area contributed by atoms with Crippen molar-refractivity contribution in [1.82, 2.24) is 9.97 Å². The molecule has 0 aliphatic heterocycles. The maximum Gasteiger partial charge on any atom is 0.274 e. The van der Waals surface area contributed by atoms with Crippen molar-refractivity contribution in [3.8, 4) is 0 Å². The van der Waals surface area contributed by atoms with Crippen molar-refractivity contribution in [2.45, 2.75) is 26.2 Å². The molecule has 0 aliphatic carbocycles. The highest BCUT2D eigenvalue weighted by Crippen LogP contribution is 2.18. The minimum atomic E-state index is -0.308. The van der Waals surface area contributed by atoms with Crippen molar-refractivity contribution in [2.24, 2.45) is 0 Å². The van der Waals surface area contributed by atoms with Crippen LogP contribution in [0.3, 0.4) is 0 Å². The van der Waals surface area contributed by atoms with Crippen LogP contribution in [0.2, 0.25) is 0 Å². The molecule has 144 valence electrons. The number of nitrogens with one attached hydrogen (secondary N) is 2. The van der Waals surface area contributed by atoms with E-state index in [2.05, 4.69) is 34.4 Å². The standard InChI is InChI=1S/C22H23FN4O/c1-15(2)16-7-9-18(10-8-16)27-22(28)20-13-21(26-14-25-20)24-12-11-17-5-3-4-6-19(17)23/h3-10,13-15H,11-12H2,1-2H3,(H,27,28)(H,24,25,26). The zero-order valence-corrected chi connectivity index (χ0v) is 15.9. The van der Waals surface area contributed by atoms with Gasteiger partial charge in [-0.15, -0.1) is 0 Å². The van der Waals surface area contributed by atoms with E-state index in [-0.39, 0.29) is 17.4 Å². The van der Waals surface area contributed by atoms with Crippen LogP contribution in [0.1, 0.15) is 41.4 Å². The lowest BCUT2D eigenvalue weighted by molar-refractivity contribution is 0.102. The summed E-state index contributed by atoms with van der Waals surface area (Å²) in [6.07, 6.45) is 1.85. The van der Waals surface area contributed by atoms with Crippen molar-refractivity contribution in [2.75, 3.05) is 17.2 Å². The fourth-order valence-electron chi connectivity index (χ4n) is 2.75. The summed E-state index contributed by atoms with van der Waals surface area (Å²) in [6.45, 7) is 4.74. The number of carbonyl (C=O) groups is 1. The summed E-state index contributed by atoms with van der Waals surface area (Å²) in [6, 6.07) is 16.0. The van der Waals surface area contributed by atoms with E-state index in [0.29, 0.717) is 36.0 Å². The van der Waals surface area contributed by atoms with Gasteiger partial charge in [-0.3, -0.25) is 4.79 Å². The van der Waals surface area contributed by atoms with Crippen LogP contribution in [-0.4, -0.2) is 22.4 Å². The Morgan fingerprint density at radius 1 is 1.07 bits per heavy atom. The summed E-state index contributed by atoms with van der Waals surface area (Å²) in [5.41, 5.74) is 2.81. The van der Waals surface area contributed by atoms with E-state index in [1.807, 2.05) is 24.3 Å². The summed E-state index contributed by atoms with van der Waals surface area (Å²) in [4.78, 5) is 20.6. The van der Waals surface area contributed by atoms with E-state index < -0.39 is 0 Å². The predicted molar refractivity (Wildman–Crippen MR) is 109 cm³/mol. The van der Waals surface area contributed by atoms with Crippen LogP contribution in [0.4, 0.5) is 15.9 Å². The highest BCUT2D eigenvalue weighted by atomic mass is 19.1. The summed E-state index contributed by atoms with van der Waals surface area (Å²) in [5, 5.41) is 5.94. The van der Waals surface area contributed by atoms with Crippen molar-refractivity contribution in [3.05, 3.63) is 83.6 Å². The quantitative estimate of drug-likeness (QED) is 0.628. The van der Waals surface area contributed by atoms with Gasteiger partial charge in [0.25, 0.3) is 5.91 Å². The van der Waals surface area contributed by atoms with E-state index in [0.717, 1.165) is 0 Å². The third-order valence-electron chi connectivity index (χ3n) is 4.39. The molecule has 1 amide bonds. The smallest absolute Gasteiger partial charge is 0.274 e. The Kier molecular flexibility index (Phi) is 6.32. The normalized spacial score (nSPS) is 10.7. The number of benzene rings is 2. The number of hydrogen-bond acceptors (Lipinski definition) is 4. The molecule has 0 atom stereocenters. The molecule has 0 saturated heterocycles. The topological polar surface area (TPSA) is 66.9 Å². The number of rotatable bonds is 7. The number of halogens is 1. The molecule has 28 heavy (non-hydrogen) atoms. The summed E-state index contributed by atoms with van der Waals surface area (Å²) in [5.74, 6) is 0.420. The number of carbonyl (C=O) groups excluding carboxylic acids is 1. The first kappa shape index (κ1) is 19.5. The van der Waals surface area contributed by atoms with Gasteiger partial charge in [0.15, 0.2) is 0 Å². The van der Waals surface area contributed by atoms with Crippen LogP contribution in [0.25, 0.3) is 0 Å². The molecule has 0 spiro atoms. The van der Waals surface area contributed by atoms with Gasteiger partial charge in [0.2, 0.25) is 0 Å². The molecule has 3 aromatic rings. The van der Waals surface area contributed by atoms with E-state index >= 15 is 0 Å². The largest absolute Gasteiger partial charge is 0.370 e. The number of anilines is 2. The van der Waals surface area contributed by atoms with E-state index in [9.17, 15) is 9.18 Å². The predicted octanol–water partition coefficient (Wildman–Crippen LogP) is 4.65. The fourth-order valence-corrected chi connectivity index (χ4v) is 2.75. The molecule has 6 heteroatoms. The van der Waals surface area contributed by atoms with Gasteiger partial charge in [-0.25, -0.2) is 14.4 Å². The molecule has 2 N–H and O–H groups in total. The number of nitrogens with zero attached hydrogens (tertiary/aromatic N) is 2. The Balaban J connectivity index is 1.59. The average Bonchev–Trinajstić information content (AvgIpc) is 2.70. The monoisotopic (exact) mass is 378 g/mol. The first-order chi connectivity index (χ1) is 13.5. The second kappa shape index (κ2) is 9.08. The number of aromatic nitrogens is 2. The summed E-state index contributed by atoms with van der Waals surface area (Å²) >= 11 is 0. The van der Waals surface area contributed by atoms with Crippen LogP contribution in [0.15, 0.2) is 60.9 Å². The van der Waals surface area contributed by atoms with Crippen LogP contribution in [0, 0.1) is 5.82 Å². The molecule has 1 heterocycles. The van der Waals surface area contributed by atoms with Gasteiger partial charge in [0, 0.05) is 18.3 Å². The molecule has 5 nitrogen and oxygen atoms in total. The second-order valence-electron chi connectivity index (χ2n) is 6.79. The van der Waals surface area contributed by atoms with Crippen LogP contribution in [0.5, 0.6) is 0 Å². The average molecular weight is 378 g/mol. The maximum absolute atomic E-state index is 13.7. The Labute approximate surface area is 164 Å². The van der Waals surface area contributed by atoms with Crippen LogP contribution in [-0.2, 0) is 6.42 Å². The summed E-state index contributed by atoms with van der Waals surface area (Å²) in [7, 11) is 0. The summed E-state index contributed by atoms with van der Waals surface area (Å²) < 4.78 is 13.7. The Morgan fingerprint density at radius 3 is 2.54 bits per heavy atom. The lowest BCUT2D eigenvalue weighted by Gasteiger charge is -2.09. The number of amides is 1. The maximum atomic E-state index is 13.7. The molecule has 3 rings (SSSR count). The molecular weight excluding hydrogens is 355 g/mol. The molecular formula is C22H23FN4O. The third kappa shape index (κ3) is 5.13. The molecule has 1 aromatic heterocycles. The molecule has 0 radical (unpaired) electrons. The minimum absolute atomic E-state index is 0.226. The van der Waals surface area contributed by atoms with Crippen LogP contribution >= 0.6 is 0 Å². The van der Waals surface area contributed by atoms with Crippen LogP contribution < -0.4 is 10.6 Å². The van der Waals surface area contributed by atoms with Gasteiger partial charge in [-0.2, -0.15) is 0 Å². The third-order valence-corrected chi connectivity index (χ3v) is 4.39. The van der Waals surface area contributed by atoms with Crippen molar-refractivity contribution in [3.63, 3.8) is 0 Å². The molecule has 0 saturated carbocycles. The van der Waals surface area contributed by atoms with Gasteiger partial charge in [0.05, 0.1) is 0 Å². The molecule has 2 aromatic carbocycles. The van der Waals surface area contributed by atoms with Gasteiger partial charge < -0.3 is 10.6 Å². The van der Waals surface area contributed by atoms with Crippen molar-refractivity contribution >= 4 is 17.4 Å². The first-order valence-electron chi connectivity index (χ1n) is 9.23. The minimum Gasteiger partial charge on any atom is -0.370 e. The Hall–Kier alpha value is -3.28. The van der Waals surface area contributed by atoms with Gasteiger partial charge in [-0.05, 0) is 41.7 Å². The zero-order valence-electron chi connectivity index (χ0n) is 15.9. The Bertz CT molecular complexity index is 941. The first-order valence-corrected chi connectivity index (χ1v) is 9.23. The lowest BCUT2D eigenvalue weighted by Crippen LogP contribution is -2.15. The SMILES string of the molecule is CC(C)c1ccc(NC(=O)c2cc(NCCc3ccccc3F)ncn2)cc1. The molecule has 0 bridgehead atoms. The van der Waals surface area contributed by atoms with E-state index in [1.54, 1.807) is 24.3 Å². The highest BCUT2D eigenvalue weighted by Gasteiger charge is 2.10. The molecule has 0 unspecified atom stereocenters. The van der Waals surface area contributed by atoms with Crippen molar-refractivity contribution < 1.29 is 9.18 Å². The van der Waals surface area contributed by atoms with E-state index in [1.165, 1.54) is 18.0 Å². The lowest BCUT2D eigenvalue weighted by atomic mass is 10.0. The fraction of sp³-hybridized carbons (Fsp3) is 0.227. The highest BCUT2D eigenvalue weighted by molar-refractivity contribution is 6.03. The second-order valence-corrected chi connectivity index (χ2v) is 6.79. The van der Waals surface area contributed by atoms with Gasteiger partial charge in [0.1, 0.15) is 23.7 Å². The zero-order chi connectivity index (χ0) is 19.9. The van der Waals surface area contributed by atoms with Gasteiger partial charge >= 0.3 is 0 Å².